The molecule has 3 heteroatoms. The van der Waals surface area contributed by atoms with Gasteiger partial charge in [0.05, 0.1) is 5.69 Å². The molecule has 0 radical (unpaired) electrons. The van der Waals surface area contributed by atoms with Crippen molar-refractivity contribution in [3.05, 3.63) is 53.6 Å². The molecular weight excluding hydrogens is 226 g/mol. The van der Waals surface area contributed by atoms with Crippen LogP contribution in [0.5, 0.6) is 11.5 Å². The zero-order valence-corrected chi connectivity index (χ0v) is 10.4. The Morgan fingerprint density at radius 2 is 1.83 bits per heavy atom. The van der Waals surface area contributed by atoms with E-state index in [1.165, 1.54) is 0 Å². The lowest BCUT2D eigenvalue weighted by Gasteiger charge is -2.09. The summed E-state index contributed by atoms with van der Waals surface area (Å²) in [6, 6.07) is 13.4. The molecule has 2 rings (SSSR count). The molecule has 0 fully saturated rings. The lowest BCUT2D eigenvalue weighted by atomic mass is 10.1. The van der Waals surface area contributed by atoms with E-state index in [0.717, 1.165) is 16.9 Å². The van der Waals surface area contributed by atoms with Crippen molar-refractivity contribution < 1.29 is 9.84 Å². The molecule has 0 saturated heterocycles. The van der Waals surface area contributed by atoms with Gasteiger partial charge in [0.1, 0.15) is 11.5 Å². The van der Waals surface area contributed by atoms with Crippen LogP contribution in [0.3, 0.4) is 0 Å². The fraction of sp³-hybridized carbons (Fsp3) is 0.200. The summed E-state index contributed by atoms with van der Waals surface area (Å²) in [5, 5.41) is 8.84. The average Bonchev–Trinajstić information content (AvgIpc) is 2.35. The van der Waals surface area contributed by atoms with Crippen molar-refractivity contribution in [3.63, 3.8) is 0 Å². The van der Waals surface area contributed by atoms with Crippen molar-refractivity contribution in [1.29, 1.82) is 0 Å². The van der Waals surface area contributed by atoms with E-state index in [1.54, 1.807) is 0 Å². The number of aliphatic hydroxyl groups excluding tert-OH is 1. The fourth-order valence-corrected chi connectivity index (χ4v) is 1.74. The van der Waals surface area contributed by atoms with Crippen molar-refractivity contribution in [2.45, 2.75) is 13.3 Å². The van der Waals surface area contributed by atoms with Gasteiger partial charge in [-0.2, -0.15) is 0 Å². The summed E-state index contributed by atoms with van der Waals surface area (Å²) in [6.45, 7) is 2.15. The van der Waals surface area contributed by atoms with Crippen molar-refractivity contribution in [2.75, 3.05) is 12.3 Å². The first-order chi connectivity index (χ1) is 8.69. The number of aliphatic hydroxyl groups is 1. The van der Waals surface area contributed by atoms with Crippen LogP contribution in [0, 0.1) is 6.92 Å². The van der Waals surface area contributed by atoms with E-state index in [9.17, 15) is 0 Å². The SMILES string of the molecule is Cc1ccc(Oc2ccc(CCO)cc2)c(N)c1. The van der Waals surface area contributed by atoms with E-state index in [4.69, 9.17) is 15.6 Å². The Hall–Kier alpha value is -2.00. The number of ether oxygens (including phenoxy) is 1. The van der Waals surface area contributed by atoms with E-state index in [-0.39, 0.29) is 6.61 Å². The maximum atomic E-state index is 8.84. The van der Waals surface area contributed by atoms with E-state index in [2.05, 4.69) is 0 Å². The Morgan fingerprint density at radius 3 is 2.44 bits per heavy atom. The molecule has 3 N–H and O–H groups in total. The van der Waals surface area contributed by atoms with Gasteiger partial charge in [-0.15, -0.1) is 0 Å². The van der Waals surface area contributed by atoms with Crippen LogP contribution in [-0.4, -0.2) is 11.7 Å². The molecule has 94 valence electrons. The van der Waals surface area contributed by atoms with Gasteiger partial charge in [0.15, 0.2) is 0 Å². The largest absolute Gasteiger partial charge is 0.455 e. The highest BCUT2D eigenvalue weighted by atomic mass is 16.5. The number of hydrogen-bond donors (Lipinski definition) is 2. The van der Waals surface area contributed by atoms with Crippen LogP contribution in [0.25, 0.3) is 0 Å². The second-order valence-corrected chi connectivity index (χ2v) is 4.26. The van der Waals surface area contributed by atoms with E-state index < -0.39 is 0 Å². The highest BCUT2D eigenvalue weighted by Crippen LogP contribution is 2.28. The van der Waals surface area contributed by atoms with Crippen LogP contribution < -0.4 is 10.5 Å². The molecule has 0 bridgehead atoms. The molecule has 0 aliphatic heterocycles. The van der Waals surface area contributed by atoms with E-state index >= 15 is 0 Å². The molecule has 3 nitrogen and oxygen atoms in total. The highest BCUT2D eigenvalue weighted by Gasteiger charge is 2.02. The van der Waals surface area contributed by atoms with Gasteiger partial charge >= 0.3 is 0 Å². The number of benzene rings is 2. The van der Waals surface area contributed by atoms with Crippen LogP contribution in [0.4, 0.5) is 5.69 Å². The van der Waals surface area contributed by atoms with Gasteiger partial charge in [-0.05, 0) is 48.7 Å². The molecule has 0 aliphatic rings. The number of hydrogen-bond acceptors (Lipinski definition) is 3. The minimum Gasteiger partial charge on any atom is -0.455 e. The summed E-state index contributed by atoms with van der Waals surface area (Å²) in [7, 11) is 0. The van der Waals surface area contributed by atoms with Gasteiger partial charge in [0.25, 0.3) is 0 Å². The predicted octanol–water partition coefficient (Wildman–Crippen LogP) is 2.90. The highest BCUT2D eigenvalue weighted by molar-refractivity contribution is 5.55. The summed E-state index contributed by atoms with van der Waals surface area (Å²) in [6.07, 6.45) is 0.660. The molecule has 2 aromatic rings. The number of anilines is 1. The van der Waals surface area contributed by atoms with Gasteiger partial charge in [-0.3, -0.25) is 0 Å². The summed E-state index contributed by atoms with van der Waals surface area (Å²) in [4.78, 5) is 0. The smallest absolute Gasteiger partial charge is 0.150 e. The molecule has 0 heterocycles. The monoisotopic (exact) mass is 243 g/mol. The molecule has 18 heavy (non-hydrogen) atoms. The lowest BCUT2D eigenvalue weighted by Crippen LogP contribution is -1.93. The zero-order valence-electron chi connectivity index (χ0n) is 10.4. The average molecular weight is 243 g/mol. The van der Waals surface area contributed by atoms with Gasteiger partial charge in [-0.25, -0.2) is 0 Å². The van der Waals surface area contributed by atoms with Crippen molar-refractivity contribution in [1.82, 2.24) is 0 Å². The standard InChI is InChI=1S/C15H17NO2/c1-11-2-7-15(14(16)10-11)18-13-5-3-12(4-6-13)8-9-17/h2-7,10,17H,8-9,16H2,1H3. The number of nitrogens with two attached hydrogens (primary N) is 1. The third kappa shape index (κ3) is 3.02. The first-order valence-electron chi connectivity index (χ1n) is 5.93. The molecule has 0 unspecified atom stereocenters. The van der Waals surface area contributed by atoms with Gasteiger partial charge in [0, 0.05) is 6.61 Å². The topological polar surface area (TPSA) is 55.5 Å². The lowest BCUT2D eigenvalue weighted by molar-refractivity contribution is 0.299. The molecule has 0 atom stereocenters. The molecule has 0 aromatic heterocycles. The second-order valence-electron chi connectivity index (χ2n) is 4.26. The fourth-order valence-electron chi connectivity index (χ4n) is 1.74. The van der Waals surface area contributed by atoms with Crippen LogP contribution in [-0.2, 0) is 6.42 Å². The van der Waals surface area contributed by atoms with Crippen molar-refractivity contribution >= 4 is 5.69 Å². The van der Waals surface area contributed by atoms with Crippen molar-refractivity contribution in [2.24, 2.45) is 0 Å². The van der Waals surface area contributed by atoms with Gasteiger partial charge in [0.2, 0.25) is 0 Å². The summed E-state index contributed by atoms with van der Waals surface area (Å²) >= 11 is 0. The first-order valence-corrected chi connectivity index (χ1v) is 5.93. The van der Waals surface area contributed by atoms with Crippen molar-refractivity contribution in [3.8, 4) is 11.5 Å². The third-order valence-electron chi connectivity index (χ3n) is 2.72. The van der Waals surface area contributed by atoms with Crippen LogP contribution in [0.15, 0.2) is 42.5 Å². The maximum Gasteiger partial charge on any atom is 0.150 e. The Morgan fingerprint density at radius 1 is 1.11 bits per heavy atom. The Kier molecular flexibility index (Phi) is 3.85. The molecule has 0 spiro atoms. The molecule has 0 saturated carbocycles. The third-order valence-corrected chi connectivity index (χ3v) is 2.72. The van der Waals surface area contributed by atoms with E-state index in [1.807, 2.05) is 49.4 Å². The van der Waals surface area contributed by atoms with Gasteiger partial charge < -0.3 is 15.6 Å². The van der Waals surface area contributed by atoms with Crippen LogP contribution in [0.2, 0.25) is 0 Å². The maximum absolute atomic E-state index is 8.84. The summed E-state index contributed by atoms with van der Waals surface area (Å²) in [5.74, 6) is 1.41. The minimum absolute atomic E-state index is 0.158. The minimum atomic E-state index is 0.158. The molecule has 0 aliphatic carbocycles. The first kappa shape index (κ1) is 12.5. The normalized spacial score (nSPS) is 10.3. The number of aryl methyl sites for hydroxylation is 1. The molecular formula is C15H17NO2. The zero-order chi connectivity index (χ0) is 13.0. The Labute approximate surface area is 107 Å². The molecule has 0 amide bonds. The Bertz CT molecular complexity index is 521. The Balaban J connectivity index is 2.13. The number of nitrogen functional groups attached to an aromatic ring is 1. The number of rotatable bonds is 4. The predicted molar refractivity (Wildman–Crippen MR) is 72.9 cm³/mol. The van der Waals surface area contributed by atoms with Crippen LogP contribution >= 0.6 is 0 Å². The summed E-state index contributed by atoms with van der Waals surface area (Å²) in [5.41, 5.74) is 8.72. The quantitative estimate of drug-likeness (QED) is 0.812. The van der Waals surface area contributed by atoms with Crippen LogP contribution in [0.1, 0.15) is 11.1 Å². The summed E-state index contributed by atoms with van der Waals surface area (Å²) < 4.78 is 5.71. The molecule has 2 aromatic carbocycles. The second kappa shape index (κ2) is 5.56. The van der Waals surface area contributed by atoms with Gasteiger partial charge in [-0.1, -0.05) is 18.2 Å². The van der Waals surface area contributed by atoms with E-state index in [0.29, 0.717) is 17.9 Å².